The van der Waals surface area contributed by atoms with E-state index in [-0.39, 0.29) is 0 Å². The fourth-order valence-corrected chi connectivity index (χ4v) is 3.34. The lowest BCUT2D eigenvalue weighted by atomic mass is 9.84. The standard InChI is InChI=1S/C12H25N3/c1-4-12-10-5-7-14(2)9-11(10)13-6-8-15(12)3/h10-13H,4-9H2,1-3H3/t10-,11?,12+/m1/s1. The minimum atomic E-state index is 0.721. The summed E-state index contributed by atoms with van der Waals surface area (Å²) in [4.78, 5) is 5.02. The maximum atomic E-state index is 3.73. The largest absolute Gasteiger partial charge is 0.311 e. The molecule has 15 heavy (non-hydrogen) atoms. The van der Waals surface area contributed by atoms with Gasteiger partial charge in [0.05, 0.1) is 0 Å². The zero-order valence-electron chi connectivity index (χ0n) is 10.4. The zero-order valence-corrected chi connectivity index (χ0v) is 10.4. The molecule has 0 aliphatic carbocycles. The Morgan fingerprint density at radius 1 is 1.27 bits per heavy atom. The van der Waals surface area contributed by atoms with Gasteiger partial charge >= 0.3 is 0 Å². The maximum absolute atomic E-state index is 3.73. The summed E-state index contributed by atoms with van der Waals surface area (Å²) in [6, 6.07) is 1.51. The Kier molecular flexibility index (Phi) is 3.65. The summed E-state index contributed by atoms with van der Waals surface area (Å²) < 4.78 is 0. The SMILES string of the molecule is CC[C@H]1[C@@H]2CCN(C)CC2NCCN1C. The Morgan fingerprint density at radius 2 is 2.07 bits per heavy atom. The quantitative estimate of drug-likeness (QED) is 0.686. The first-order valence-corrected chi connectivity index (χ1v) is 6.34. The van der Waals surface area contributed by atoms with Gasteiger partial charge in [-0.25, -0.2) is 0 Å². The second-order valence-corrected chi connectivity index (χ2v) is 5.23. The second kappa shape index (κ2) is 4.81. The van der Waals surface area contributed by atoms with Gasteiger partial charge in [-0.15, -0.1) is 0 Å². The molecule has 0 radical (unpaired) electrons. The first-order valence-electron chi connectivity index (χ1n) is 6.34. The van der Waals surface area contributed by atoms with Crippen LogP contribution < -0.4 is 5.32 Å². The Labute approximate surface area is 93.8 Å². The van der Waals surface area contributed by atoms with Crippen LogP contribution in [0, 0.1) is 5.92 Å². The highest BCUT2D eigenvalue weighted by atomic mass is 15.2. The number of fused-ring (bicyclic) bond motifs is 1. The average Bonchev–Trinajstić information content (AvgIpc) is 2.36. The lowest BCUT2D eigenvalue weighted by Gasteiger charge is -2.41. The van der Waals surface area contributed by atoms with Crippen molar-refractivity contribution in [3.8, 4) is 0 Å². The predicted molar refractivity (Wildman–Crippen MR) is 64.1 cm³/mol. The van der Waals surface area contributed by atoms with Crippen LogP contribution in [0.25, 0.3) is 0 Å². The van der Waals surface area contributed by atoms with Crippen molar-refractivity contribution in [3.63, 3.8) is 0 Å². The highest BCUT2D eigenvalue weighted by Gasteiger charge is 2.36. The predicted octanol–water partition coefficient (Wildman–Crippen LogP) is 0.620. The van der Waals surface area contributed by atoms with Crippen molar-refractivity contribution in [2.75, 3.05) is 40.3 Å². The molecular weight excluding hydrogens is 186 g/mol. The Bertz CT molecular complexity index is 207. The number of rotatable bonds is 1. The molecule has 0 aromatic rings. The first-order chi connectivity index (χ1) is 7.22. The van der Waals surface area contributed by atoms with Gasteiger partial charge < -0.3 is 15.1 Å². The maximum Gasteiger partial charge on any atom is 0.0239 e. The Morgan fingerprint density at radius 3 is 2.80 bits per heavy atom. The van der Waals surface area contributed by atoms with Crippen LogP contribution in [-0.2, 0) is 0 Å². The van der Waals surface area contributed by atoms with Gasteiger partial charge in [0.2, 0.25) is 0 Å². The molecule has 88 valence electrons. The normalized spacial score (nSPS) is 39.8. The summed E-state index contributed by atoms with van der Waals surface area (Å²) >= 11 is 0. The molecule has 2 fully saturated rings. The summed E-state index contributed by atoms with van der Waals surface area (Å²) in [6.07, 6.45) is 2.65. The molecule has 2 saturated heterocycles. The molecule has 2 aliphatic rings. The molecule has 0 amide bonds. The molecule has 2 heterocycles. The molecular formula is C12H25N3. The van der Waals surface area contributed by atoms with Crippen LogP contribution in [0.3, 0.4) is 0 Å². The number of hydrogen-bond donors (Lipinski definition) is 1. The second-order valence-electron chi connectivity index (χ2n) is 5.23. The summed E-state index contributed by atoms with van der Waals surface area (Å²) in [7, 11) is 4.53. The van der Waals surface area contributed by atoms with Crippen LogP contribution in [-0.4, -0.2) is 62.2 Å². The molecule has 0 saturated carbocycles. The number of piperidine rings is 1. The van der Waals surface area contributed by atoms with E-state index in [4.69, 9.17) is 0 Å². The molecule has 0 spiro atoms. The fraction of sp³-hybridized carbons (Fsp3) is 1.00. The Hall–Kier alpha value is -0.120. The molecule has 0 bridgehead atoms. The van der Waals surface area contributed by atoms with Gasteiger partial charge in [0.1, 0.15) is 0 Å². The summed E-state index contributed by atoms with van der Waals surface area (Å²) in [5, 5.41) is 3.73. The van der Waals surface area contributed by atoms with Gasteiger partial charge in [-0.05, 0) is 39.4 Å². The smallest absolute Gasteiger partial charge is 0.0239 e. The number of nitrogens with one attached hydrogen (secondary N) is 1. The third-order valence-corrected chi connectivity index (χ3v) is 4.22. The van der Waals surface area contributed by atoms with Crippen molar-refractivity contribution in [1.82, 2.24) is 15.1 Å². The average molecular weight is 211 g/mol. The van der Waals surface area contributed by atoms with Crippen LogP contribution in [0.1, 0.15) is 19.8 Å². The van der Waals surface area contributed by atoms with E-state index in [0.29, 0.717) is 0 Å². The van der Waals surface area contributed by atoms with E-state index < -0.39 is 0 Å². The van der Waals surface area contributed by atoms with Gasteiger partial charge in [0.15, 0.2) is 0 Å². The number of hydrogen-bond acceptors (Lipinski definition) is 3. The van der Waals surface area contributed by atoms with E-state index in [1.54, 1.807) is 0 Å². The Balaban J connectivity index is 2.09. The van der Waals surface area contributed by atoms with Gasteiger partial charge in [-0.3, -0.25) is 0 Å². The molecule has 3 atom stereocenters. The van der Waals surface area contributed by atoms with Crippen molar-refractivity contribution in [3.05, 3.63) is 0 Å². The van der Waals surface area contributed by atoms with Gasteiger partial charge in [-0.2, -0.15) is 0 Å². The zero-order chi connectivity index (χ0) is 10.8. The van der Waals surface area contributed by atoms with Crippen molar-refractivity contribution in [1.29, 1.82) is 0 Å². The summed E-state index contributed by atoms with van der Waals surface area (Å²) in [5.74, 6) is 0.860. The monoisotopic (exact) mass is 211 g/mol. The topological polar surface area (TPSA) is 18.5 Å². The number of likely N-dealkylation sites (N-methyl/N-ethyl adjacent to an activating group) is 2. The van der Waals surface area contributed by atoms with Crippen LogP contribution in [0.15, 0.2) is 0 Å². The van der Waals surface area contributed by atoms with Crippen LogP contribution >= 0.6 is 0 Å². The molecule has 3 nitrogen and oxygen atoms in total. The van der Waals surface area contributed by atoms with E-state index in [1.165, 1.54) is 32.5 Å². The van der Waals surface area contributed by atoms with Crippen LogP contribution in [0.5, 0.6) is 0 Å². The molecule has 1 N–H and O–H groups in total. The van der Waals surface area contributed by atoms with Gasteiger partial charge in [0, 0.05) is 31.7 Å². The van der Waals surface area contributed by atoms with Crippen molar-refractivity contribution in [2.24, 2.45) is 5.92 Å². The van der Waals surface area contributed by atoms with Gasteiger partial charge in [-0.1, -0.05) is 6.92 Å². The third kappa shape index (κ3) is 2.35. The molecule has 0 aromatic carbocycles. The van der Waals surface area contributed by atoms with Gasteiger partial charge in [0.25, 0.3) is 0 Å². The van der Waals surface area contributed by atoms with Crippen LogP contribution in [0.2, 0.25) is 0 Å². The van der Waals surface area contributed by atoms with Crippen molar-refractivity contribution in [2.45, 2.75) is 31.8 Å². The minimum Gasteiger partial charge on any atom is -0.311 e. The molecule has 2 rings (SSSR count). The summed E-state index contributed by atoms with van der Waals surface area (Å²) in [6.45, 7) is 7.20. The van der Waals surface area contributed by atoms with E-state index in [0.717, 1.165) is 24.5 Å². The first kappa shape index (κ1) is 11.4. The van der Waals surface area contributed by atoms with E-state index >= 15 is 0 Å². The number of likely N-dealkylation sites (tertiary alicyclic amines) is 1. The molecule has 2 aliphatic heterocycles. The van der Waals surface area contributed by atoms with E-state index in [1.807, 2.05) is 0 Å². The third-order valence-electron chi connectivity index (χ3n) is 4.22. The highest BCUT2D eigenvalue weighted by Crippen LogP contribution is 2.26. The summed E-state index contributed by atoms with van der Waals surface area (Å²) in [5.41, 5.74) is 0. The number of nitrogens with zero attached hydrogens (tertiary/aromatic N) is 2. The highest BCUT2D eigenvalue weighted by molar-refractivity contribution is 4.93. The molecule has 1 unspecified atom stereocenters. The van der Waals surface area contributed by atoms with E-state index in [2.05, 4.69) is 36.1 Å². The molecule has 0 aromatic heterocycles. The minimum absolute atomic E-state index is 0.721. The van der Waals surface area contributed by atoms with Crippen LogP contribution in [0.4, 0.5) is 0 Å². The molecule has 3 heteroatoms. The van der Waals surface area contributed by atoms with Crippen molar-refractivity contribution >= 4 is 0 Å². The lowest BCUT2D eigenvalue weighted by Crippen LogP contribution is -2.53. The lowest BCUT2D eigenvalue weighted by molar-refractivity contribution is 0.106. The van der Waals surface area contributed by atoms with E-state index in [9.17, 15) is 0 Å². The van der Waals surface area contributed by atoms with Crippen molar-refractivity contribution < 1.29 is 0 Å². The fourth-order valence-electron chi connectivity index (χ4n) is 3.34.